The zero-order valence-corrected chi connectivity index (χ0v) is 11.2. The first-order valence-corrected chi connectivity index (χ1v) is 5.78. The van der Waals surface area contributed by atoms with Crippen LogP contribution in [0.25, 0.3) is 0 Å². The molecule has 0 bridgehead atoms. The number of hydrogen-bond donors (Lipinski definition) is 3. The summed E-state index contributed by atoms with van der Waals surface area (Å²) in [6.07, 6.45) is 1.34. The van der Waals surface area contributed by atoms with Crippen molar-refractivity contribution in [1.29, 1.82) is 0 Å². The predicted molar refractivity (Wildman–Crippen MR) is 68.6 cm³/mol. The molecule has 0 aliphatic carbocycles. The molecule has 2 amide bonds. The van der Waals surface area contributed by atoms with Gasteiger partial charge in [0.2, 0.25) is 5.91 Å². The summed E-state index contributed by atoms with van der Waals surface area (Å²) in [6, 6.07) is 2.91. The van der Waals surface area contributed by atoms with Crippen LogP contribution in [0.3, 0.4) is 0 Å². The summed E-state index contributed by atoms with van der Waals surface area (Å²) in [4.78, 5) is 28.5. The van der Waals surface area contributed by atoms with E-state index in [-0.39, 0.29) is 17.5 Å². The summed E-state index contributed by atoms with van der Waals surface area (Å²) in [5.41, 5.74) is 2.42. The van der Waals surface area contributed by atoms with Gasteiger partial charge in [-0.25, -0.2) is 5.48 Å². The zero-order chi connectivity index (χ0) is 14.4. The Hall–Kier alpha value is -1.99. The third-order valence-electron chi connectivity index (χ3n) is 2.43. The first-order chi connectivity index (χ1) is 8.93. The molecule has 0 unspecified atom stereocenters. The lowest BCUT2D eigenvalue weighted by molar-refractivity contribution is -0.122. The molecule has 19 heavy (non-hydrogen) atoms. The zero-order valence-electron chi connectivity index (χ0n) is 11.2. The Morgan fingerprint density at radius 2 is 2.11 bits per heavy atom. The number of likely N-dealkylation sites (N-methyl/N-ethyl adjacent to an activating group) is 1. The maximum absolute atomic E-state index is 11.6. The highest BCUT2D eigenvalue weighted by Gasteiger charge is 2.12. The first kappa shape index (κ1) is 15.1. The minimum atomic E-state index is -0.622. The van der Waals surface area contributed by atoms with Crippen molar-refractivity contribution in [2.24, 2.45) is 0 Å². The summed E-state index contributed by atoms with van der Waals surface area (Å²) < 4.78 is 0. The third-order valence-corrected chi connectivity index (χ3v) is 2.43. The molecule has 1 heterocycles. The third kappa shape index (κ3) is 4.65. The summed E-state index contributed by atoms with van der Waals surface area (Å²) >= 11 is 0. The number of aromatic nitrogens is 1. The maximum atomic E-state index is 11.6. The minimum absolute atomic E-state index is 0.100. The van der Waals surface area contributed by atoms with Crippen LogP contribution < -0.4 is 10.8 Å². The van der Waals surface area contributed by atoms with E-state index in [1.165, 1.54) is 17.7 Å². The molecule has 0 aliphatic rings. The number of pyridine rings is 1. The van der Waals surface area contributed by atoms with Gasteiger partial charge in [-0.2, -0.15) is 0 Å². The van der Waals surface area contributed by atoms with Gasteiger partial charge in [-0.15, -0.1) is 0 Å². The second-order valence-corrected chi connectivity index (χ2v) is 4.44. The second kappa shape index (κ2) is 6.81. The van der Waals surface area contributed by atoms with Gasteiger partial charge < -0.3 is 10.2 Å². The Morgan fingerprint density at radius 1 is 1.42 bits per heavy atom. The van der Waals surface area contributed by atoms with E-state index >= 15 is 0 Å². The normalized spacial score (nSPS) is 12.1. The average molecular weight is 266 g/mol. The fraction of sp³-hybridized carbons (Fsp3) is 0.417. The summed E-state index contributed by atoms with van der Waals surface area (Å²) in [5, 5.41) is 11.3. The van der Waals surface area contributed by atoms with E-state index in [0.717, 1.165) is 0 Å². The second-order valence-electron chi connectivity index (χ2n) is 4.44. The number of carbonyl (C=O) groups excluding carboxylic acids is 2. The van der Waals surface area contributed by atoms with Gasteiger partial charge in [-0.3, -0.25) is 19.8 Å². The molecule has 1 rings (SSSR count). The van der Waals surface area contributed by atoms with Gasteiger partial charge in [-0.05, 0) is 33.2 Å². The molecule has 1 aromatic rings. The number of nitrogens with one attached hydrogen (secondary N) is 2. The van der Waals surface area contributed by atoms with Crippen molar-refractivity contribution in [3.63, 3.8) is 0 Å². The highest BCUT2D eigenvalue weighted by atomic mass is 16.5. The smallest absolute Gasteiger partial charge is 0.276 e. The molecule has 0 saturated heterocycles. The van der Waals surface area contributed by atoms with Crippen LogP contribution in [0.4, 0.5) is 0 Å². The Labute approximate surface area is 111 Å². The van der Waals surface area contributed by atoms with Gasteiger partial charge in [0.05, 0.1) is 23.8 Å². The lowest BCUT2D eigenvalue weighted by Crippen LogP contribution is -2.35. The van der Waals surface area contributed by atoms with Gasteiger partial charge in [-0.1, -0.05) is 0 Å². The number of rotatable bonds is 5. The highest BCUT2D eigenvalue weighted by Crippen LogP contribution is 2.09. The van der Waals surface area contributed by atoms with Crippen LogP contribution in [0.2, 0.25) is 0 Å². The summed E-state index contributed by atoms with van der Waals surface area (Å²) in [7, 11) is 3.62. The van der Waals surface area contributed by atoms with Crippen LogP contribution in [-0.2, 0) is 4.79 Å². The van der Waals surface area contributed by atoms with Crippen molar-refractivity contribution in [3.05, 3.63) is 29.6 Å². The van der Waals surface area contributed by atoms with Crippen LogP contribution in [0, 0.1) is 0 Å². The molecular weight excluding hydrogens is 248 g/mol. The van der Waals surface area contributed by atoms with E-state index in [2.05, 4.69) is 10.3 Å². The van der Waals surface area contributed by atoms with E-state index < -0.39 is 5.91 Å². The van der Waals surface area contributed by atoms with E-state index in [4.69, 9.17) is 5.21 Å². The molecule has 0 fully saturated rings. The number of amides is 2. The fourth-order valence-corrected chi connectivity index (χ4v) is 1.51. The van der Waals surface area contributed by atoms with Crippen molar-refractivity contribution < 1.29 is 14.8 Å². The van der Waals surface area contributed by atoms with Crippen molar-refractivity contribution in [1.82, 2.24) is 20.7 Å². The Morgan fingerprint density at radius 3 is 2.58 bits per heavy atom. The molecule has 0 aliphatic heterocycles. The van der Waals surface area contributed by atoms with Crippen LogP contribution in [0.5, 0.6) is 0 Å². The van der Waals surface area contributed by atoms with Crippen molar-refractivity contribution in [2.45, 2.75) is 13.0 Å². The van der Waals surface area contributed by atoms with Crippen molar-refractivity contribution >= 4 is 11.8 Å². The van der Waals surface area contributed by atoms with E-state index in [9.17, 15) is 9.59 Å². The molecule has 1 aromatic heterocycles. The van der Waals surface area contributed by atoms with Crippen LogP contribution >= 0.6 is 0 Å². The topological polar surface area (TPSA) is 94.6 Å². The SMILES string of the molecule is C[C@H](NC(=O)CN(C)C)c1ccc(C(=O)NO)cn1. The van der Waals surface area contributed by atoms with Crippen LogP contribution in [0.1, 0.15) is 29.0 Å². The number of carbonyl (C=O) groups is 2. The van der Waals surface area contributed by atoms with E-state index in [1.54, 1.807) is 11.0 Å². The maximum Gasteiger partial charge on any atom is 0.276 e. The Balaban J connectivity index is 2.65. The minimum Gasteiger partial charge on any atom is -0.347 e. The quantitative estimate of drug-likeness (QED) is 0.512. The fourth-order valence-electron chi connectivity index (χ4n) is 1.51. The standard InChI is InChI=1S/C12H18N4O3/c1-8(14-11(17)7-16(2)3)10-5-4-9(6-13-10)12(18)15-19/h4-6,8,19H,7H2,1-3H3,(H,14,17)(H,15,18)/t8-/m0/s1. The van der Waals surface area contributed by atoms with E-state index in [1.807, 2.05) is 21.0 Å². The molecular formula is C12H18N4O3. The first-order valence-electron chi connectivity index (χ1n) is 5.78. The molecule has 1 atom stereocenters. The van der Waals surface area contributed by atoms with Crippen molar-refractivity contribution in [3.8, 4) is 0 Å². The molecule has 0 spiro atoms. The molecule has 104 valence electrons. The van der Waals surface area contributed by atoms with Gasteiger partial charge in [0.25, 0.3) is 5.91 Å². The van der Waals surface area contributed by atoms with Crippen LogP contribution in [-0.4, -0.2) is 47.5 Å². The Bertz CT molecular complexity index is 445. The lowest BCUT2D eigenvalue weighted by atomic mass is 10.2. The number of hydrogen-bond acceptors (Lipinski definition) is 5. The van der Waals surface area contributed by atoms with Gasteiger partial charge in [0.15, 0.2) is 0 Å². The highest BCUT2D eigenvalue weighted by molar-refractivity contribution is 5.92. The summed E-state index contributed by atoms with van der Waals surface area (Å²) in [6.45, 7) is 2.11. The Kier molecular flexibility index (Phi) is 5.40. The molecule has 0 aromatic carbocycles. The lowest BCUT2D eigenvalue weighted by Gasteiger charge is -2.15. The van der Waals surface area contributed by atoms with Gasteiger partial charge in [0.1, 0.15) is 0 Å². The average Bonchev–Trinajstić information content (AvgIpc) is 2.36. The predicted octanol–water partition coefficient (Wildman–Crippen LogP) is -0.0606. The molecule has 3 N–H and O–H groups in total. The van der Waals surface area contributed by atoms with Crippen molar-refractivity contribution in [2.75, 3.05) is 20.6 Å². The van der Waals surface area contributed by atoms with E-state index in [0.29, 0.717) is 12.2 Å². The number of nitrogens with zero attached hydrogens (tertiary/aromatic N) is 2. The van der Waals surface area contributed by atoms with Crippen LogP contribution in [0.15, 0.2) is 18.3 Å². The summed E-state index contributed by atoms with van der Waals surface area (Å²) in [5.74, 6) is -0.722. The molecule has 7 nitrogen and oxygen atoms in total. The molecule has 0 radical (unpaired) electrons. The molecule has 7 heteroatoms. The number of hydroxylamine groups is 1. The largest absolute Gasteiger partial charge is 0.347 e. The monoisotopic (exact) mass is 266 g/mol. The van der Waals surface area contributed by atoms with Gasteiger partial charge >= 0.3 is 0 Å². The molecule has 0 saturated carbocycles. The van der Waals surface area contributed by atoms with Gasteiger partial charge in [0, 0.05) is 6.20 Å².